The first-order valence-electron chi connectivity index (χ1n) is 6.36. The fourth-order valence-electron chi connectivity index (χ4n) is 2.31. The van der Waals surface area contributed by atoms with E-state index in [2.05, 4.69) is 69.4 Å². The van der Waals surface area contributed by atoms with E-state index in [0.29, 0.717) is 4.83 Å². The van der Waals surface area contributed by atoms with Crippen LogP contribution in [-0.2, 0) is 6.42 Å². The van der Waals surface area contributed by atoms with E-state index in [1.807, 2.05) is 18.3 Å². The summed E-state index contributed by atoms with van der Waals surface area (Å²) in [6.45, 7) is 0. The molecule has 2 heteroatoms. The highest BCUT2D eigenvalue weighted by Gasteiger charge is 2.10. The average Bonchev–Trinajstić information content (AvgIpc) is 2.48. The smallest absolute Gasteiger partial charge is 0.0704 e. The number of hydrogen-bond acceptors (Lipinski definition) is 1. The third-order valence-corrected chi connectivity index (χ3v) is 4.15. The number of pyridine rings is 1. The molecule has 0 saturated heterocycles. The van der Waals surface area contributed by atoms with Gasteiger partial charge in [0.05, 0.1) is 5.52 Å². The Balaban J connectivity index is 1.94. The van der Waals surface area contributed by atoms with Crippen LogP contribution >= 0.6 is 15.9 Å². The van der Waals surface area contributed by atoms with Crippen molar-refractivity contribution in [3.63, 3.8) is 0 Å². The second-order valence-corrected chi connectivity index (χ2v) is 5.67. The number of para-hydroxylation sites is 1. The first-order valence-corrected chi connectivity index (χ1v) is 7.28. The average molecular weight is 312 g/mol. The van der Waals surface area contributed by atoms with Gasteiger partial charge in [-0.3, -0.25) is 4.98 Å². The molecule has 0 amide bonds. The number of hydrogen-bond donors (Lipinski definition) is 0. The van der Waals surface area contributed by atoms with Gasteiger partial charge in [0.25, 0.3) is 0 Å². The van der Waals surface area contributed by atoms with Gasteiger partial charge in [-0.2, -0.15) is 0 Å². The highest BCUT2D eigenvalue weighted by atomic mass is 79.9. The van der Waals surface area contributed by atoms with Crippen LogP contribution < -0.4 is 0 Å². The SMILES string of the molecule is BrC(Cc1ccnc2ccccc12)c1ccccc1. The van der Waals surface area contributed by atoms with Crippen molar-refractivity contribution in [3.05, 3.63) is 78.0 Å². The van der Waals surface area contributed by atoms with Gasteiger partial charge >= 0.3 is 0 Å². The normalized spacial score (nSPS) is 12.5. The topological polar surface area (TPSA) is 12.9 Å². The van der Waals surface area contributed by atoms with Gasteiger partial charge in [0.2, 0.25) is 0 Å². The first-order chi connectivity index (χ1) is 9.34. The summed E-state index contributed by atoms with van der Waals surface area (Å²) in [5.41, 5.74) is 3.70. The lowest BCUT2D eigenvalue weighted by Crippen LogP contribution is -1.96. The number of alkyl halides is 1. The summed E-state index contributed by atoms with van der Waals surface area (Å²) < 4.78 is 0. The predicted octanol–water partition coefficient (Wildman–Crippen LogP) is 4.91. The van der Waals surface area contributed by atoms with E-state index in [0.717, 1.165) is 11.9 Å². The maximum absolute atomic E-state index is 4.41. The molecule has 1 heterocycles. The summed E-state index contributed by atoms with van der Waals surface area (Å²) in [5.74, 6) is 0. The van der Waals surface area contributed by atoms with Crippen molar-refractivity contribution in [2.24, 2.45) is 0 Å². The number of aromatic nitrogens is 1. The van der Waals surface area contributed by atoms with Gasteiger partial charge in [-0.25, -0.2) is 0 Å². The molecule has 0 N–H and O–H groups in total. The maximum atomic E-state index is 4.41. The van der Waals surface area contributed by atoms with E-state index in [1.165, 1.54) is 16.5 Å². The maximum Gasteiger partial charge on any atom is 0.0704 e. The second-order valence-electron chi connectivity index (χ2n) is 4.57. The van der Waals surface area contributed by atoms with E-state index in [1.54, 1.807) is 0 Å². The lowest BCUT2D eigenvalue weighted by molar-refractivity contribution is 0.955. The molecule has 1 aromatic heterocycles. The summed E-state index contributed by atoms with van der Waals surface area (Å²) in [6, 6.07) is 20.9. The van der Waals surface area contributed by atoms with E-state index >= 15 is 0 Å². The zero-order chi connectivity index (χ0) is 13.1. The van der Waals surface area contributed by atoms with Crippen molar-refractivity contribution in [2.75, 3.05) is 0 Å². The van der Waals surface area contributed by atoms with E-state index in [-0.39, 0.29) is 0 Å². The van der Waals surface area contributed by atoms with E-state index in [9.17, 15) is 0 Å². The summed E-state index contributed by atoms with van der Waals surface area (Å²) in [7, 11) is 0. The number of halogens is 1. The molecule has 0 aliphatic carbocycles. The quantitative estimate of drug-likeness (QED) is 0.626. The molecule has 0 bridgehead atoms. The van der Waals surface area contributed by atoms with Crippen molar-refractivity contribution in [2.45, 2.75) is 11.2 Å². The van der Waals surface area contributed by atoms with Gasteiger partial charge in [0, 0.05) is 16.4 Å². The van der Waals surface area contributed by atoms with Gasteiger partial charge in [-0.05, 0) is 29.7 Å². The molecule has 94 valence electrons. The molecule has 0 radical (unpaired) electrons. The fraction of sp³-hybridized carbons (Fsp3) is 0.118. The van der Waals surface area contributed by atoms with Gasteiger partial charge in [0.1, 0.15) is 0 Å². The van der Waals surface area contributed by atoms with Crippen molar-refractivity contribution in [1.29, 1.82) is 0 Å². The molecule has 0 saturated carbocycles. The lowest BCUT2D eigenvalue weighted by atomic mass is 10.0. The Morgan fingerprint density at radius 3 is 2.47 bits per heavy atom. The van der Waals surface area contributed by atoms with Crippen molar-refractivity contribution >= 4 is 26.8 Å². The lowest BCUT2D eigenvalue weighted by Gasteiger charge is -2.12. The Morgan fingerprint density at radius 1 is 0.895 bits per heavy atom. The van der Waals surface area contributed by atoms with Gasteiger partial charge < -0.3 is 0 Å². The Labute approximate surface area is 121 Å². The van der Waals surface area contributed by atoms with Crippen molar-refractivity contribution in [3.8, 4) is 0 Å². The molecule has 2 aromatic carbocycles. The molecular formula is C17H14BrN. The van der Waals surface area contributed by atoms with Crippen LogP contribution in [0.2, 0.25) is 0 Å². The van der Waals surface area contributed by atoms with Gasteiger partial charge in [-0.1, -0.05) is 64.5 Å². The molecule has 0 aliphatic rings. The Kier molecular flexibility index (Phi) is 3.60. The molecule has 0 spiro atoms. The Hall–Kier alpha value is -1.67. The molecular weight excluding hydrogens is 298 g/mol. The first kappa shape index (κ1) is 12.4. The van der Waals surface area contributed by atoms with Crippen LogP contribution in [0.1, 0.15) is 16.0 Å². The highest BCUT2D eigenvalue weighted by Crippen LogP contribution is 2.29. The number of fused-ring (bicyclic) bond motifs is 1. The van der Waals surface area contributed by atoms with Crippen LogP contribution in [-0.4, -0.2) is 4.98 Å². The largest absolute Gasteiger partial charge is 0.256 e. The predicted molar refractivity (Wildman–Crippen MR) is 83.6 cm³/mol. The third-order valence-electron chi connectivity index (χ3n) is 3.30. The Bertz CT molecular complexity index is 674. The standard InChI is InChI=1S/C17H14BrN/c18-16(13-6-2-1-3-7-13)12-14-10-11-19-17-9-5-4-8-15(14)17/h1-11,16H,12H2. The fourth-order valence-corrected chi connectivity index (χ4v) is 2.96. The van der Waals surface area contributed by atoms with Crippen LogP contribution in [0.5, 0.6) is 0 Å². The molecule has 1 unspecified atom stereocenters. The minimum atomic E-state index is 0.333. The summed E-state index contributed by atoms with van der Waals surface area (Å²) in [6.07, 6.45) is 2.86. The molecule has 3 aromatic rings. The van der Waals surface area contributed by atoms with E-state index in [4.69, 9.17) is 0 Å². The van der Waals surface area contributed by atoms with Crippen LogP contribution in [0.25, 0.3) is 10.9 Å². The number of benzene rings is 2. The van der Waals surface area contributed by atoms with Crippen LogP contribution in [0.4, 0.5) is 0 Å². The van der Waals surface area contributed by atoms with E-state index < -0.39 is 0 Å². The van der Waals surface area contributed by atoms with Crippen molar-refractivity contribution < 1.29 is 0 Å². The number of nitrogens with zero attached hydrogens (tertiary/aromatic N) is 1. The summed E-state index contributed by atoms with van der Waals surface area (Å²) >= 11 is 3.79. The molecule has 19 heavy (non-hydrogen) atoms. The second kappa shape index (κ2) is 5.54. The summed E-state index contributed by atoms with van der Waals surface area (Å²) in [5, 5.41) is 1.24. The number of rotatable bonds is 3. The summed E-state index contributed by atoms with van der Waals surface area (Å²) in [4.78, 5) is 4.74. The third kappa shape index (κ3) is 2.69. The zero-order valence-corrected chi connectivity index (χ0v) is 12.0. The van der Waals surface area contributed by atoms with Crippen molar-refractivity contribution in [1.82, 2.24) is 4.98 Å². The monoisotopic (exact) mass is 311 g/mol. The van der Waals surface area contributed by atoms with Crippen LogP contribution in [0.15, 0.2) is 66.9 Å². The molecule has 0 aliphatic heterocycles. The van der Waals surface area contributed by atoms with Crippen LogP contribution in [0.3, 0.4) is 0 Å². The molecule has 1 nitrogen and oxygen atoms in total. The highest BCUT2D eigenvalue weighted by molar-refractivity contribution is 9.09. The molecule has 1 atom stereocenters. The minimum absolute atomic E-state index is 0.333. The minimum Gasteiger partial charge on any atom is -0.256 e. The Morgan fingerprint density at radius 2 is 1.63 bits per heavy atom. The molecule has 3 rings (SSSR count). The van der Waals surface area contributed by atoms with Gasteiger partial charge in [-0.15, -0.1) is 0 Å². The zero-order valence-electron chi connectivity index (χ0n) is 10.5. The van der Waals surface area contributed by atoms with Crippen LogP contribution in [0, 0.1) is 0 Å². The molecule has 0 fully saturated rings. The van der Waals surface area contributed by atoms with Gasteiger partial charge in [0.15, 0.2) is 0 Å².